The Balaban J connectivity index is 2.04. The molecule has 2 rings (SSSR count). The summed E-state index contributed by atoms with van der Waals surface area (Å²) in [6, 6.07) is 11.0. The molecule has 9 nitrogen and oxygen atoms in total. The molecule has 2 aromatic carbocycles. The summed E-state index contributed by atoms with van der Waals surface area (Å²) in [4.78, 5) is 22.4. The smallest absolute Gasteiger partial charge is 0.270 e. The zero-order valence-electron chi connectivity index (χ0n) is 14.4. The van der Waals surface area contributed by atoms with Crippen molar-refractivity contribution in [2.24, 2.45) is 0 Å². The average molecular weight is 408 g/mol. The Bertz CT molecular complexity index is 988. The number of nitro benzene ring substituents is 1. The van der Waals surface area contributed by atoms with Gasteiger partial charge >= 0.3 is 0 Å². The molecule has 0 radical (unpaired) electrons. The fourth-order valence-electron chi connectivity index (χ4n) is 2.02. The van der Waals surface area contributed by atoms with Gasteiger partial charge in [0, 0.05) is 37.5 Å². The van der Waals surface area contributed by atoms with E-state index in [0.717, 1.165) is 10.4 Å². The van der Waals surface area contributed by atoms with Crippen molar-refractivity contribution >= 4 is 44.6 Å². The molecule has 0 spiro atoms. The van der Waals surface area contributed by atoms with Crippen LogP contribution in [0.2, 0.25) is 0 Å². The van der Waals surface area contributed by atoms with Gasteiger partial charge in [-0.3, -0.25) is 20.2 Å². The fraction of sp³-hybridized carbons (Fsp3) is 0.125. The van der Waals surface area contributed by atoms with E-state index in [0.29, 0.717) is 5.69 Å². The van der Waals surface area contributed by atoms with E-state index < -0.39 is 20.9 Å². The van der Waals surface area contributed by atoms with Crippen molar-refractivity contribution < 1.29 is 18.1 Å². The number of rotatable bonds is 5. The van der Waals surface area contributed by atoms with Crippen LogP contribution in [0.25, 0.3) is 0 Å². The molecule has 1 amide bonds. The third-order valence-electron chi connectivity index (χ3n) is 3.44. The summed E-state index contributed by atoms with van der Waals surface area (Å²) in [7, 11) is -0.679. The van der Waals surface area contributed by atoms with Crippen LogP contribution >= 0.6 is 12.2 Å². The number of nitro groups is 1. The maximum atomic E-state index is 12.1. The molecule has 0 saturated carbocycles. The summed E-state index contributed by atoms with van der Waals surface area (Å²) >= 11 is 5.04. The molecule has 0 fully saturated rings. The van der Waals surface area contributed by atoms with E-state index in [2.05, 4.69) is 10.6 Å². The molecule has 0 saturated heterocycles. The van der Waals surface area contributed by atoms with Crippen LogP contribution in [0.15, 0.2) is 53.4 Å². The van der Waals surface area contributed by atoms with Crippen LogP contribution in [-0.2, 0) is 10.0 Å². The molecule has 0 aliphatic heterocycles. The first-order valence-electron chi connectivity index (χ1n) is 7.50. The van der Waals surface area contributed by atoms with Crippen molar-refractivity contribution in [3.05, 3.63) is 64.2 Å². The topological polar surface area (TPSA) is 122 Å². The summed E-state index contributed by atoms with van der Waals surface area (Å²) in [6.45, 7) is 0. The Morgan fingerprint density at radius 2 is 1.78 bits per heavy atom. The average Bonchev–Trinajstić information content (AvgIpc) is 2.62. The lowest BCUT2D eigenvalue weighted by Gasteiger charge is -2.13. The van der Waals surface area contributed by atoms with Gasteiger partial charge in [0.15, 0.2) is 5.11 Å². The molecular formula is C16H16N4O5S2. The van der Waals surface area contributed by atoms with Crippen LogP contribution in [-0.4, -0.2) is 42.8 Å². The molecule has 142 valence electrons. The second kappa shape index (κ2) is 8.20. The van der Waals surface area contributed by atoms with Crippen LogP contribution in [0, 0.1) is 10.1 Å². The lowest BCUT2D eigenvalue weighted by Crippen LogP contribution is -2.34. The Labute approximate surface area is 161 Å². The maximum Gasteiger partial charge on any atom is 0.270 e. The normalized spacial score (nSPS) is 11.1. The molecule has 0 atom stereocenters. The zero-order chi connectivity index (χ0) is 20.2. The number of carbonyl (C=O) groups excluding carboxylic acids is 1. The van der Waals surface area contributed by atoms with Gasteiger partial charge in [0.1, 0.15) is 0 Å². The number of sulfonamides is 1. The summed E-state index contributed by atoms with van der Waals surface area (Å²) in [5, 5.41) is 15.9. The minimum atomic E-state index is -3.54. The number of nitrogens with zero attached hydrogens (tertiary/aromatic N) is 2. The van der Waals surface area contributed by atoms with Crippen molar-refractivity contribution in [2.75, 3.05) is 19.4 Å². The predicted octanol–water partition coefficient (Wildman–Crippen LogP) is 1.97. The van der Waals surface area contributed by atoms with Gasteiger partial charge in [-0.25, -0.2) is 12.7 Å². The van der Waals surface area contributed by atoms with Gasteiger partial charge in [-0.05, 0) is 42.5 Å². The number of non-ortho nitro benzene ring substituents is 1. The van der Waals surface area contributed by atoms with Crippen molar-refractivity contribution in [1.29, 1.82) is 0 Å². The van der Waals surface area contributed by atoms with Gasteiger partial charge in [-0.15, -0.1) is 0 Å². The first-order chi connectivity index (χ1) is 12.6. The Kier molecular flexibility index (Phi) is 6.20. The molecule has 0 aliphatic rings. The maximum absolute atomic E-state index is 12.1. The third kappa shape index (κ3) is 5.06. The monoisotopic (exact) mass is 408 g/mol. The summed E-state index contributed by atoms with van der Waals surface area (Å²) in [5.74, 6) is -0.608. The molecule has 0 aromatic heterocycles. The number of thiocarbonyl (C=S) groups is 1. The van der Waals surface area contributed by atoms with Gasteiger partial charge in [-0.1, -0.05) is 6.07 Å². The molecular weight excluding hydrogens is 392 g/mol. The standard InChI is InChI=1S/C16H16N4O5S2/c1-19(2)27(24,25)14-8-6-12(7-9-14)17-16(26)18-15(21)11-4-3-5-13(10-11)20(22)23/h3-10H,1-2H3,(H2,17,18,21,26). The number of benzene rings is 2. The van der Waals surface area contributed by atoms with Crippen molar-refractivity contribution in [2.45, 2.75) is 4.90 Å². The number of carbonyl (C=O) groups is 1. The highest BCUT2D eigenvalue weighted by molar-refractivity contribution is 7.89. The number of amides is 1. The van der Waals surface area contributed by atoms with Gasteiger partial charge in [-0.2, -0.15) is 0 Å². The highest BCUT2D eigenvalue weighted by Gasteiger charge is 2.17. The molecule has 0 aliphatic carbocycles. The molecule has 0 unspecified atom stereocenters. The predicted molar refractivity (Wildman–Crippen MR) is 104 cm³/mol. The fourth-order valence-corrected chi connectivity index (χ4v) is 3.13. The van der Waals surface area contributed by atoms with Crippen LogP contribution in [0.4, 0.5) is 11.4 Å². The minimum absolute atomic E-state index is 0.0327. The van der Waals surface area contributed by atoms with Crippen LogP contribution in [0.1, 0.15) is 10.4 Å². The molecule has 2 N–H and O–H groups in total. The second-order valence-electron chi connectivity index (χ2n) is 5.53. The van der Waals surface area contributed by atoms with E-state index in [1.54, 1.807) is 0 Å². The van der Waals surface area contributed by atoms with E-state index in [4.69, 9.17) is 12.2 Å². The number of hydrogen-bond donors (Lipinski definition) is 2. The Hall–Kier alpha value is -2.89. The summed E-state index contributed by atoms with van der Waals surface area (Å²) < 4.78 is 25.1. The van der Waals surface area contributed by atoms with Gasteiger partial charge < -0.3 is 5.32 Å². The lowest BCUT2D eigenvalue weighted by molar-refractivity contribution is -0.384. The first kappa shape index (κ1) is 20.4. The van der Waals surface area contributed by atoms with E-state index in [9.17, 15) is 23.3 Å². The lowest BCUT2D eigenvalue weighted by atomic mass is 10.2. The van der Waals surface area contributed by atoms with Gasteiger partial charge in [0.2, 0.25) is 10.0 Å². The van der Waals surface area contributed by atoms with E-state index in [-0.39, 0.29) is 21.3 Å². The largest absolute Gasteiger partial charge is 0.332 e. The molecule has 2 aromatic rings. The van der Waals surface area contributed by atoms with Gasteiger partial charge in [0.25, 0.3) is 11.6 Å². The van der Waals surface area contributed by atoms with Crippen LogP contribution in [0.5, 0.6) is 0 Å². The quantitative estimate of drug-likeness (QED) is 0.441. The van der Waals surface area contributed by atoms with Crippen molar-refractivity contribution in [3.63, 3.8) is 0 Å². The summed E-state index contributed by atoms with van der Waals surface area (Å²) in [5.41, 5.74) is 0.344. The molecule has 0 bridgehead atoms. The van der Waals surface area contributed by atoms with E-state index >= 15 is 0 Å². The molecule has 0 heterocycles. The van der Waals surface area contributed by atoms with Crippen molar-refractivity contribution in [1.82, 2.24) is 9.62 Å². The van der Waals surface area contributed by atoms with Crippen molar-refractivity contribution in [3.8, 4) is 0 Å². The SMILES string of the molecule is CN(C)S(=O)(=O)c1ccc(NC(=S)NC(=O)c2cccc([N+](=O)[O-])c2)cc1. The zero-order valence-corrected chi connectivity index (χ0v) is 16.0. The Morgan fingerprint density at radius 1 is 1.15 bits per heavy atom. The summed E-state index contributed by atoms with van der Waals surface area (Å²) in [6.07, 6.45) is 0. The number of hydrogen-bond acceptors (Lipinski definition) is 6. The minimum Gasteiger partial charge on any atom is -0.332 e. The first-order valence-corrected chi connectivity index (χ1v) is 9.35. The number of nitrogens with one attached hydrogen (secondary N) is 2. The van der Waals surface area contributed by atoms with E-state index in [1.807, 2.05) is 0 Å². The molecule has 11 heteroatoms. The Morgan fingerprint density at radius 3 is 2.33 bits per heavy atom. The van der Waals surface area contributed by atoms with Crippen LogP contribution < -0.4 is 10.6 Å². The molecule has 27 heavy (non-hydrogen) atoms. The third-order valence-corrected chi connectivity index (χ3v) is 5.47. The highest BCUT2D eigenvalue weighted by atomic mass is 32.2. The number of anilines is 1. The second-order valence-corrected chi connectivity index (χ2v) is 8.09. The van der Waals surface area contributed by atoms with Crippen LogP contribution in [0.3, 0.4) is 0 Å². The van der Waals surface area contributed by atoms with E-state index in [1.165, 1.54) is 56.6 Å². The van der Waals surface area contributed by atoms with Gasteiger partial charge in [0.05, 0.1) is 9.82 Å². The highest BCUT2D eigenvalue weighted by Crippen LogP contribution is 2.17.